The quantitative estimate of drug-likeness (QED) is 0.780. The summed E-state index contributed by atoms with van der Waals surface area (Å²) >= 11 is 1.53. The predicted molar refractivity (Wildman–Crippen MR) is 99.4 cm³/mol. The molecule has 7 heteroatoms. The summed E-state index contributed by atoms with van der Waals surface area (Å²) in [6.07, 6.45) is 0. The first-order chi connectivity index (χ1) is 12.0. The van der Waals surface area contributed by atoms with Gasteiger partial charge in [-0.15, -0.1) is 5.10 Å². The third kappa shape index (κ3) is 3.03. The zero-order valence-corrected chi connectivity index (χ0v) is 15.6. The van der Waals surface area contributed by atoms with Crippen molar-refractivity contribution in [2.24, 2.45) is 0 Å². The maximum Gasteiger partial charge on any atom is 0.230 e. The molecule has 0 amide bonds. The van der Waals surface area contributed by atoms with Crippen LogP contribution in [0, 0.1) is 13.8 Å². The minimum absolute atomic E-state index is 0.0300. The van der Waals surface area contributed by atoms with Gasteiger partial charge in [0.2, 0.25) is 10.8 Å². The summed E-state index contributed by atoms with van der Waals surface area (Å²) in [4.78, 5) is 10.9. The molecule has 1 N–H and O–H groups in total. The number of likely N-dealkylation sites (N-methyl/N-ethyl adjacent to an activating group) is 1. The lowest BCUT2D eigenvalue weighted by molar-refractivity contribution is 0.127. The molecule has 3 aromatic rings. The van der Waals surface area contributed by atoms with Gasteiger partial charge in [-0.25, -0.2) is 4.98 Å². The van der Waals surface area contributed by atoms with Crippen molar-refractivity contribution >= 4 is 16.3 Å². The van der Waals surface area contributed by atoms with Gasteiger partial charge >= 0.3 is 0 Å². The highest BCUT2D eigenvalue weighted by Gasteiger charge is 2.31. The van der Waals surface area contributed by atoms with E-state index in [1.165, 1.54) is 22.5 Å². The van der Waals surface area contributed by atoms with E-state index in [-0.39, 0.29) is 11.9 Å². The van der Waals surface area contributed by atoms with Crippen molar-refractivity contribution in [2.45, 2.75) is 19.9 Å². The van der Waals surface area contributed by atoms with E-state index in [1.807, 2.05) is 6.92 Å². The SMILES string of the molecule is Cc1cccc([C@@H](c2sc3nc(C)nn3c2O)N2CCN(C)CC2)c1. The molecule has 2 aromatic heterocycles. The lowest BCUT2D eigenvalue weighted by Gasteiger charge is -2.37. The highest BCUT2D eigenvalue weighted by molar-refractivity contribution is 7.17. The Hall–Kier alpha value is -1.96. The molecule has 1 saturated heterocycles. The average molecular weight is 357 g/mol. The van der Waals surface area contributed by atoms with Crippen molar-refractivity contribution in [2.75, 3.05) is 33.2 Å². The van der Waals surface area contributed by atoms with Crippen molar-refractivity contribution in [3.05, 3.63) is 46.1 Å². The summed E-state index contributed by atoms with van der Waals surface area (Å²) in [5.74, 6) is 0.894. The molecule has 1 atom stereocenters. The largest absolute Gasteiger partial charge is 0.492 e. The van der Waals surface area contributed by atoms with Crippen molar-refractivity contribution in [1.82, 2.24) is 24.4 Å². The van der Waals surface area contributed by atoms with E-state index in [2.05, 4.69) is 58.1 Å². The summed E-state index contributed by atoms with van der Waals surface area (Å²) in [5, 5.41) is 15.1. The Morgan fingerprint density at radius 2 is 1.92 bits per heavy atom. The van der Waals surface area contributed by atoms with Crippen LogP contribution >= 0.6 is 11.3 Å². The molecule has 0 unspecified atom stereocenters. The fourth-order valence-corrected chi connectivity index (χ4v) is 4.64. The zero-order chi connectivity index (χ0) is 17.6. The number of hydrogen-bond donors (Lipinski definition) is 1. The second-order valence-electron chi connectivity index (χ2n) is 6.80. The first-order valence-corrected chi connectivity index (χ1v) is 9.39. The van der Waals surface area contributed by atoms with Crippen molar-refractivity contribution in [3.8, 4) is 5.88 Å². The summed E-state index contributed by atoms with van der Waals surface area (Å²) in [7, 11) is 2.16. The fourth-order valence-electron chi connectivity index (χ4n) is 3.47. The number of aromatic nitrogens is 3. The van der Waals surface area contributed by atoms with Crippen molar-refractivity contribution in [3.63, 3.8) is 0 Å². The lowest BCUT2D eigenvalue weighted by atomic mass is 10.0. The normalized spacial score (nSPS) is 18.0. The predicted octanol–water partition coefficient (Wildman–Crippen LogP) is 2.45. The molecular weight excluding hydrogens is 334 g/mol. The summed E-state index contributed by atoms with van der Waals surface area (Å²) in [5.41, 5.74) is 2.44. The Morgan fingerprint density at radius 1 is 1.16 bits per heavy atom. The molecule has 0 aliphatic carbocycles. The molecule has 0 saturated carbocycles. The second kappa shape index (κ2) is 6.40. The third-order valence-electron chi connectivity index (χ3n) is 4.81. The Morgan fingerprint density at radius 3 is 2.60 bits per heavy atom. The number of piperazine rings is 1. The van der Waals surface area contributed by atoms with Crippen molar-refractivity contribution < 1.29 is 5.11 Å². The van der Waals surface area contributed by atoms with Crippen LogP contribution in [0.1, 0.15) is 27.9 Å². The van der Waals surface area contributed by atoms with Crippen LogP contribution in [0.4, 0.5) is 0 Å². The third-order valence-corrected chi connectivity index (χ3v) is 5.89. The Kier molecular flexibility index (Phi) is 4.23. The smallest absolute Gasteiger partial charge is 0.230 e. The molecule has 1 aliphatic heterocycles. The van der Waals surface area contributed by atoms with Gasteiger partial charge in [-0.3, -0.25) is 4.90 Å². The van der Waals surface area contributed by atoms with E-state index < -0.39 is 0 Å². The van der Waals surface area contributed by atoms with Crippen LogP contribution in [0.25, 0.3) is 4.96 Å². The van der Waals surface area contributed by atoms with E-state index in [1.54, 1.807) is 4.52 Å². The summed E-state index contributed by atoms with van der Waals surface area (Å²) in [6, 6.07) is 8.59. The van der Waals surface area contributed by atoms with Gasteiger partial charge in [0.05, 0.1) is 10.9 Å². The van der Waals surface area contributed by atoms with Crippen LogP contribution in [-0.2, 0) is 0 Å². The molecule has 0 bridgehead atoms. The van der Waals surface area contributed by atoms with Crippen molar-refractivity contribution in [1.29, 1.82) is 0 Å². The van der Waals surface area contributed by atoms with E-state index in [0.717, 1.165) is 36.0 Å². The molecule has 1 fully saturated rings. The van der Waals surface area contributed by atoms with E-state index in [0.29, 0.717) is 5.82 Å². The topological polar surface area (TPSA) is 56.9 Å². The first kappa shape index (κ1) is 16.5. The number of aromatic hydroxyl groups is 1. The molecule has 3 heterocycles. The van der Waals surface area contributed by atoms with Gasteiger partial charge in [-0.2, -0.15) is 4.52 Å². The molecule has 1 aromatic carbocycles. The molecule has 132 valence electrons. The van der Waals surface area contributed by atoms with E-state index >= 15 is 0 Å². The number of rotatable bonds is 3. The minimum atomic E-state index is 0.0300. The number of benzene rings is 1. The average Bonchev–Trinajstić information content (AvgIpc) is 3.08. The van der Waals surface area contributed by atoms with Gasteiger partial charge in [-0.05, 0) is 26.5 Å². The van der Waals surface area contributed by atoms with E-state index in [4.69, 9.17) is 0 Å². The van der Waals surface area contributed by atoms with Gasteiger partial charge < -0.3 is 10.0 Å². The molecule has 25 heavy (non-hydrogen) atoms. The van der Waals surface area contributed by atoms with Crippen LogP contribution in [0.3, 0.4) is 0 Å². The van der Waals surface area contributed by atoms with Crippen LogP contribution in [0.2, 0.25) is 0 Å². The maximum absolute atomic E-state index is 10.8. The molecular formula is C18H23N5OS. The number of aryl methyl sites for hydroxylation is 2. The standard InChI is InChI=1S/C18H23N5OS/c1-12-5-4-6-14(11-12)15(22-9-7-21(3)8-10-22)16-17(24)23-18(25-16)19-13(2)20-23/h4-6,11,15,24H,7-10H2,1-3H3/t15-/m0/s1. The second-order valence-corrected chi connectivity index (χ2v) is 7.81. The Balaban J connectivity index is 1.81. The van der Waals surface area contributed by atoms with Crippen LogP contribution in [0.5, 0.6) is 5.88 Å². The molecule has 0 radical (unpaired) electrons. The van der Waals surface area contributed by atoms with Gasteiger partial charge in [0.1, 0.15) is 5.82 Å². The molecule has 4 rings (SSSR count). The zero-order valence-electron chi connectivity index (χ0n) is 14.8. The van der Waals surface area contributed by atoms with Crippen LogP contribution in [-0.4, -0.2) is 62.7 Å². The number of thiazole rings is 1. The van der Waals surface area contributed by atoms with Crippen LogP contribution in [0.15, 0.2) is 24.3 Å². The number of nitrogens with zero attached hydrogens (tertiary/aromatic N) is 5. The van der Waals surface area contributed by atoms with E-state index in [9.17, 15) is 5.11 Å². The monoisotopic (exact) mass is 357 g/mol. The van der Waals surface area contributed by atoms with Crippen LogP contribution < -0.4 is 0 Å². The number of hydrogen-bond acceptors (Lipinski definition) is 6. The summed E-state index contributed by atoms with van der Waals surface area (Å²) in [6.45, 7) is 7.96. The number of fused-ring (bicyclic) bond motifs is 1. The van der Waals surface area contributed by atoms with Gasteiger partial charge in [-0.1, -0.05) is 41.2 Å². The van der Waals surface area contributed by atoms with Gasteiger partial charge in [0.15, 0.2) is 0 Å². The minimum Gasteiger partial charge on any atom is -0.492 e. The van der Waals surface area contributed by atoms with Gasteiger partial charge in [0, 0.05) is 26.2 Å². The first-order valence-electron chi connectivity index (χ1n) is 8.57. The fraction of sp³-hybridized carbons (Fsp3) is 0.444. The van der Waals surface area contributed by atoms with Gasteiger partial charge in [0.25, 0.3) is 0 Å². The molecule has 0 spiro atoms. The maximum atomic E-state index is 10.8. The highest BCUT2D eigenvalue weighted by atomic mass is 32.1. The Labute approximate surface area is 151 Å². The lowest BCUT2D eigenvalue weighted by Crippen LogP contribution is -2.46. The highest BCUT2D eigenvalue weighted by Crippen LogP contribution is 2.40. The summed E-state index contributed by atoms with van der Waals surface area (Å²) < 4.78 is 1.56. The molecule has 6 nitrogen and oxygen atoms in total. The molecule has 1 aliphatic rings. The Bertz CT molecular complexity index is 894.